The number of hydrogen-bond acceptors (Lipinski definition) is 9. The van der Waals surface area contributed by atoms with E-state index in [0.29, 0.717) is 25.3 Å². The van der Waals surface area contributed by atoms with Crippen LogP contribution in [0.5, 0.6) is 0 Å². The van der Waals surface area contributed by atoms with Crippen LogP contribution < -0.4 is 16.0 Å². The zero-order valence-corrected chi connectivity index (χ0v) is 25.5. The van der Waals surface area contributed by atoms with E-state index in [1.807, 2.05) is 6.07 Å². The van der Waals surface area contributed by atoms with Crippen molar-refractivity contribution in [3.05, 3.63) is 53.5 Å². The van der Waals surface area contributed by atoms with Crippen LogP contribution in [0.2, 0.25) is 0 Å². The molecule has 0 saturated carbocycles. The number of aliphatic hydroxyl groups excluding tert-OH is 1. The number of carbonyl (C=O) groups is 3. The SMILES string of the molecule is COC(=O)CCCCCCCCCCCNC(=O)CNc1cc(C(=O)NCC(O)CN2CCc3ccccc3C2)ncn1. The first kappa shape index (κ1) is 33.9. The topological polar surface area (TPSA) is 146 Å². The van der Waals surface area contributed by atoms with Gasteiger partial charge in [0.2, 0.25) is 5.91 Å². The average Bonchev–Trinajstić information content (AvgIpc) is 3.03. The number of nitrogens with zero attached hydrogens (tertiary/aromatic N) is 3. The van der Waals surface area contributed by atoms with Crippen LogP contribution in [0.3, 0.4) is 0 Å². The van der Waals surface area contributed by atoms with Gasteiger partial charge in [0, 0.05) is 45.2 Å². The highest BCUT2D eigenvalue weighted by Gasteiger charge is 2.19. The predicted octanol–water partition coefficient (Wildman–Crippen LogP) is 3.23. The monoisotopic (exact) mass is 596 g/mol. The van der Waals surface area contributed by atoms with Gasteiger partial charge in [0.05, 0.1) is 19.8 Å². The fraction of sp³-hybridized carbons (Fsp3) is 0.594. The molecule has 3 rings (SSSR count). The number of anilines is 1. The molecular formula is C32H48N6O5. The maximum atomic E-state index is 12.6. The number of rotatable bonds is 20. The largest absolute Gasteiger partial charge is 0.469 e. The van der Waals surface area contributed by atoms with E-state index in [0.717, 1.165) is 58.0 Å². The van der Waals surface area contributed by atoms with Crippen molar-refractivity contribution in [3.63, 3.8) is 0 Å². The zero-order valence-electron chi connectivity index (χ0n) is 25.5. The van der Waals surface area contributed by atoms with Crippen molar-refractivity contribution in [2.24, 2.45) is 0 Å². The van der Waals surface area contributed by atoms with E-state index >= 15 is 0 Å². The number of esters is 1. The molecule has 0 saturated heterocycles. The molecule has 0 bridgehead atoms. The minimum absolute atomic E-state index is 0.0473. The van der Waals surface area contributed by atoms with E-state index in [9.17, 15) is 19.5 Å². The van der Waals surface area contributed by atoms with Crippen molar-refractivity contribution in [3.8, 4) is 0 Å². The number of amides is 2. The lowest BCUT2D eigenvalue weighted by molar-refractivity contribution is -0.140. The molecule has 1 aliphatic heterocycles. The molecule has 11 nitrogen and oxygen atoms in total. The van der Waals surface area contributed by atoms with Gasteiger partial charge in [-0.3, -0.25) is 19.3 Å². The molecule has 1 unspecified atom stereocenters. The summed E-state index contributed by atoms with van der Waals surface area (Å²) in [4.78, 5) is 46.2. The molecule has 2 heterocycles. The second kappa shape index (κ2) is 19.6. The van der Waals surface area contributed by atoms with Gasteiger partial charge in [0.25, 0.3) is 5.91 Å². The molecule has 4 N–H and O–H groups in total. The van der Waals surface area contributed by atoms with Crippen molar-refractivity contribution in [2.75, 3.05) is 45.2 Å². The quantitative estimate of drug-likeness (QED) is 0.134. The van der Waals surface area contributed by atoms with Gasteiger partial charge in [0.15, 0.2) is 0 Å². The summed E-state index contributed by atoms with van der Waals surface area (Å²) in [6.07, 6.45) is 11.9. The zero-order chi connectivity index (χ0) is 30.7. The van der Waals surface area contributed by atoms with E-state index < -0.39 is 12.0 Å². The van der Waals surface area contributed by atoms with Crippen LogP contribution in [0, 0.1) is 0 Å². The smallest absolute Gasteiger partial charge is 0.305 e. The molecule has 236 valence electrons. The van der Waals surface area contributed by atoms with Crippen molar-refractivity contribution in [2.45, 2.75) is 83.3 Å². The Kier molecular flexibility index (Phi) is 15.5. The van der Waals surface area contributed by atoms with Crippen molar-refractivity contribution >= 4 is 23.6 Å². The van der Waals surface area contributed by atoms with Crippen LogP contribution >= 0.6 is 0 Å². The van der Waals surface area contributed by atoms with Gasteiger partial charge in [-0.05, 0) is 30.4 Å². The third kappa shape index (κ3) is 13.5. The normalized spacial score (nSPS) is 13.5. The molecular weight excluding hydrogens is 548 g/mol. The second-order valence-corrected chi connectivity index (χ2v) is 11.1. The van der Waals surface area contributed by atoms with Crippen LogP contribution in [0.1, 0.15) is 85.8 Å². The summed E-state index contributed by atoms with van der Waals surface area (Å²) in [5.41, 5.74) is 2.80. The number of benzene rings is 1. The van der Waals surface area contributed by atoms with Gasteiger partial charge in [-0.1, -0.05) is 69.2 Å². The molecule has 0 radical (unpaired) electrons. The molecule has 1 atom stereocenters. The Morgan fingerprint density at radius 2 is 1.65 bits per heavy atom. The van der Waals surface area contributed by atoms with Gasteiger partial charge in [-0.15, -0.1) is 0 Å². The molecule has 2 aromatic rings. The molecule has 0 spiro atoms. The summed E-state index contributed by atoms with van der Waals surface area (Å²) in [6.45, 7) is 2.92. The van der Waals surface area contributed by atoms with Crippen molar-refractivity contribution in [1.82, 2.24) is 25.5 Å². The van der Waals surface area contributed by atoms with Crippen LogP contribution in [-0.4, -0.2) is 83.7 Å². The van der Waals surface area contributed by atoms with Crippen LogP contribution in [0.4, 0.5) is 5.82 Å². The van der Waals surface area contributed by atoms with Crippen LogP contribution in [0.15, 0.2) is 36.7 Å². The molecule has 1 aromatic heterocycles. The minimum atomic E-state index is -0.701. The fourth-order valence-electron chi connectivity index (χ4n) is 5.15. The molecule has 1 aromatic carbocycles. The Morgan fingerprint density at radius 3 is 2.40 bits per heavy atom. The lowest BCUT2D eigenvalue weighted by Crippen LogP contribution is -2.42. The number of aromatic nitrogens is 2. The molecule has 11 heteroatoms. The number of unbranched alkanes of at least 4 members (excludes halogenated alkanes) is 8. The van der Waals surface area contributed by atoms with E-state index in [2.05, 4.69) is 53.8 Å². The standard InChI is InChI=1S/C32H48N6O5/c1-43-31(41)15-9-7-5-3-2-4-6-8-12-17-33-30(40)21-34-29-19-28(36-24-37-29)32(42)35-20-27(39)23-38-18-16-25-13-10-11-14-26(25)22-38/h10-11,13-14,19,24,27,39H,2-9,12,15-18,20-23H2,1H3,(H,33,40)(H,35,42)(H,34,36,37). The van der Waals surface area contributed by atoms with Gasteiger partial charge < -0.3 is 25.8 Å². The Labute approximate surface area is 255 Å². The third-order valence-electron chi connectivity index (χ3n) is 7.61. The second-order valence-electron chi connectivity index (χ2n) is 11.1. The first-order valence-corrected chi connectivity index (χ1v) is 15.6. The number of hydrogen-bond donors (Lipinski definition) is 4. The van der Waals surface area contributed by atoms with Gasteiger partial charge in [-0.2, -0.15) is 0 Å². The van der Waals surface area contributed by atoms with Crippen molar-refractivity contribution in [1.29, 1.82) is 0 Å². The van der Waals surface area contributed by atoms with Gasteiger partial charge in [0.1, 0.15) is 17.8 Å². The van der Waals surface area contributed by atoms with E-state index in [4.69, 9.17) is 0 Å². The highest BCUT2D eigenvalue weighted by Crippen LogP contribution is 2.18. The molecule has 0 fully saturated rings. The van der Waals surface area contributed by atoms with Crippen LogP contribution in [0.25, 0.3) is 0 Å². The maximum absolute atomic E-state index is 12.6. The first-order valence-electron chi connectivity index (χ1n) is 15.6. The lowest BCUT2D eigenvalue weighted by Gasteiger charge is -2.30. The summed E-state index contributed by atoms with van der Waals surface area (Å²) < 4.78 is 4.64. The number of β-amino-alcohol motifs (C(OH)–C–C–N with tert-alkyl or cyclic N) is 1. The highest BCUT2D eigenvalue weighted by atomic mass is 16.5. The van der Waals surface area contributed by atoms with Crippen molar-refractivity contribution < 1.29 is 24.2 Å². The van der Waals surface area contributed by atoms with Gasteiger partial charge in [-0.25, -0.2) is 9.97 Å². The Hall–Kier alpha value is -3.57. The van der Waals surface area contributed by atoms with Gasteiger partial charge >= 0.3 is 5.97 Å². The molecule has 2 amide bonds. The molecule has 0 aliphatic carbocycles. The Bertz CT molecular complexity index is 1150. The number of aliphatic hydroxyl groups is 1. The van der Waals surface area contributed by atoms with E-state index in [-0.39, 0.29) is 30.7 Å². The number of fused-ring (bicyclic) bond motifs is 1. The number of carbonyl (C=O) groups excluding carboxylic acids is 3. The Balaban J connectivity index is 1.21. The summed E-state index contributed by atoms with van der Waals surface area (Å²) in [6, 6.07) is 9.84. The number of nitrogens with one attached hydrogen (secondary N) is 3. The highest BCUT2D eigenvalue weighted by molar-refractivity contribution is 5.93. The number of methoxy groups -OCH3 is 1. The first-order chi connectivity index (χ1) is 20.9. The summed E-state index contributed by atoms with van der Waals surface area (Å²) in [7, 11) is 1.43. The third-order valence-corrected chi connectivity index (χ3v) is 7.61. The summed E-state index contributed by atoms with van der Waals surface area (Å²) in [5, 5.41) is 19.1. The predicted molar refractivity (Wildman–Crippen MR) is 165 cm³/mol. The van der Waals surface area contributed by atoms with E-state index in [1.54, 1.807) is 0 Å². The molecule has 1 aliphatic rings. The number of ether oxygens (including phenoxy) is 1. The Morgan fingerprint density at radius 1 is 0.953 bits per heavy atom. The lowest BCUT2D eigenvalue weighted by atomic mass is 10.00. The maximum Gasteiger partial charge on any atom is 0.305 e. The van der Waals surface area contributed by atoms with E-state index in [1.165, 1.54) is 49.9 Å². The fourth-order valence-corrected chi connectivity index (χ4v) is 5.15. The molecule has 43 heavy (non-hydrogen) atoms. The van der Waals surface area contributed by atoms with Crippen LogP contribution in [-0.2, 0) is 27.3 Å². The summed E-state index contributed by atoms with van der Waals surface area (Å²) in [5.74, 6) is -0.292. The average molecular weight is 597 g/mol. The minimum Gasteiger partial charge on any atom is -0.469 e. The summed E-state index contributed by atoms with van der Waals surface area (Å²) >= 11 is 0.